The summed E-state index contributed by atoms with van der Waals surface area (Å²) in [6.45, 7) is 1.75. The largest absolute Gasteiger partial charge is 0.477 e. The van der Waals surface area contributed by atoms with Crippen molar-refractivity contribution in [1.82, 2.24) is 4.98 Å². The number of nitrogens with one attached hydrogen (secondary N) is 1. The predicted octanol–water partition coefficient (Wildman–Crippen LogP) is 0.604. The molecule has 0 aliphatic heterocycles. The third-order valence-electron chi connectivity index (χ3n) is 1.20. The summed E-state index contributed by atoms with van der Waals surface area (Å²) in [4.78, 5) is 12.9. The summed E-state index contributed by atoms with van der Waals surface area (Å²) in [6.07, 6.45) is 0. The number of carboxylic acids is 1. The summed E-state index contributed by atoms with van der Waals surface area (Å²) in [6, 6.07) is 1.59. The molecule has 0 atom stereocenters. The number of aromatic carboxylic acids is 1. The topological polar surface area (TPSA) is 79.1 Å². The lowest BCUT2D eigenvalue weighted by Gasteiger charge is -1.88. The maximum atomic E-state index is 10.3. The molecule has 0 aliphatic rings. The SMILES string of the molecule is Cc1cc(N)c(C(=O)O)[nH]1. The molecule has 0 radical (unpaired) electrons. The highest BCUT2D eigenvalue weighted by Crippen LogP contribution is 2.11. The summed E-state index contributed by atoms with van der Waals surface area (Å²) in [5.41, 5.74) is 6.44. The van der Waals surface area contributed by atoms with E-state index in [1.165, 1.54) is 0 Å². The first-order valence-corrected chi connectivity index (χ1v) is 2.79. The molecular formula is C6H8N2O2. The van der Waals surface area contributed by atoms with Gasteiger partial charge >= 0.3 is 5.97 Å². The van der Waals surface area contributed by atoms with Crippen molar-refractivity contribution < 1.29 is 9.90 Å². The molecule has 1 aromatic rings. The minimum atomic E-state index is -1.02. The molecular weight excluding hydrogens is 132 g/mol. The Bertz CT molecular complexity index is 265. The molecule has 1 heterocycles. The van der Waals surface area contributed by atoms with Gasteiger partial charge in [-0.05, 0) is 13.0 Å². The molecule has 0 bridgehead atoms. The molecule has 0 amide bonds. The van der Waals surface area contributed by atoms with E-state index in [9.17, 15) is 4.79 Å². The van der Waals surface area contributed by atoms with Crippen LogP contribution in [0, 0.1) is 6.92 Å². The highest BCUT2D eigenvalue weighted by molar-refractivity contribution is 5.91. The molecule has 0 saturated heterocycles. The maximum absolute atomic E-state index is 10.3. The Balaban J connectivity index is 3.15. The smallest absolute Gasteiger partial charge is 0.354 e. The predicted molar refractivity (Wildman–Crippen MR) is 36.9 cm³/mol. The number of nitrogens with two attached hydrogens (primary N) is 1. The average Bonchev–Trinajstić information content (AvgIpc) is 2.10. The van der Waals surface area contributed by atoms with Crippen LogP contribution in [0.4, 0.5) is 5.69 Å². The Hall–Kier alpha value is -1.45. The van der Waals surface area contributed by atoms with Crippen molar-refractivity contribution >= 4 is 11.7 Å². The van der Waals surface area contributed by atoms with E-state index in [1.807, 2.05) is 0 Å². The summed E-state index contributed by atoms with van der Waals surface area (Å²) in [5, 5.41) is 8.47. The minimum absolute atomic E-state index is 0.0671. The molecule has 54 valence electrons. The van der Waals surface area contributed by atoms with Gasteiger partial charge in [-0.15, -0.1) is 0 Å². The van der Waals surface area contributed by atoms with Crippen molar-refractivity contribution in [1.29, 1.82) is 0 Å². The second-order valence-electron chi connectivity index (χ2n) is 2.09. The van der Waals surface area contributed by atoms with Gasteiger partial charge < -0.3 is 15.8 Å². The molecule has 0 unspecified atom stereocenters. The highest BCUT2D eigenvalue weighted by Gasteiger charge is 2.08. The summed E-state index contributed by atoms with van der Waals surface area (Å²) in [5.74, 6) is -1.02. The molecule has 0 saturated carbocycles. The molecule has 4 heteroatoms. The number of hydrogen-bond acceptors (Lipinski definition) is 2. The Morgan fingerprint density at radius 2 is 2.40 bits per heavy atom. The first-order chi connectivity index (χ1) is 4.61. The van der Waals surface area contributed by atoms with E-state index in [0.717, 1.165) is 5.69 Å². The van der Waals surface area contributed by atoms with Gasteiger partial charge in [0.05, 0.1) is 5.69 Å². The zero-order valence-corrected chi connectivity index (χ0v) is 5.51. The molecule has 4 N–H and O–H groups in total. The number of aryl methyl sites for hydroxylation is 1. The lowest BCUT2D eigenvalue weighted by atomic mass is 10.4. The van der Waals surface area contributed by atoms with Crippen LogP contribution in [0.1, 0.15) is 16.2 Å². The molecule has 1 aromatic heterocycles. The van der Waals surface area contributed by atoms with Crippen LogP contribution in [0.5, 0.6) is 0 Å². The Morgan fingerprint density at radius 3 is 2.60 bits per heavy atom. The van der Waals surface area contributed by atoms with Gasteiger partial charge in [-0.25, -0.2) is 4.79 Å². The lowest BCUT2D eigenvalue weighted by Crippen LogP contribution is -2.00. The van der Waals surface area contributed by atoms with Gasteiger partial charge in [0.2, 0.25) is 0 Å². The molecule has 0 aliphatic carbocycles. The number of rotatable bonds is 1. The summed E-state index contributed by atoms with van der Waals surface area (Å²) in [7, 11) is 0. The lowest BCUT2D eigenvalue weighted by molar-refractivity contribution is 0.0692. The number of anilines is 1. The molecule has 4 nitrogen and oxygen atoms in total. The van der Waals surface area contributed by atoms with Crippen molar-refractivity contribution in [2.45, 2.75) is 6.92 Å². The van der Waals surface area contributed by atoms with Gasteiger partial charge in [0.25, 0.3) is 0 Å². The fraction of sp³-hybridized carbons (Fsp3) is 0.167. The average molecular weight is 140 g/mol. The Morgan fingerprint density at radius 1 is 1.80 bits per heavy atom. The van der Waals surface area contributed by atoms with Gasteiger partial charge in [-0.1, -0.05) is 0 Å². The first kappa shape index (κ1) is 6.67. The van der Waals surface area contributed by atoms with Gasteiger partial charge in [0.1, 0.15) is 5.69 Å². The fourth-order valence-electron chi connectivity index (χ4n) is 0.788. The summed E-state index contributed by atoms with van der Waals surface area (Å²) < 4.78 is 0. The van der Waals surface area contributed by atoms with E-state index in [4.69, 9.17) is 10.8 Å². The van der Waals surface area contributed by atoms with Gasteiger partial charge in [-0.3, -0.25) is 0 Å². The zero-order chi connectivity index (χ0) is 7.72. The van der Waals surface area contributed by atoms with Crippen LogP contribution >= 0.6 is 0 Å². The van der Waals surface area contributed by atoms with Crippen LogP contribution in [0.3, 0.4) is 0 Å². The second kappa shape index (κ2) is 2.06. The number of aromatic nitrogens is 1. The number of carbonyl (C=O) groups is 1. The fourth-order valence-corrected chi connectivity index (χ4v) is 0.788. The van der Waals surface area contributed by atoms with E-state index in [0.29, 0.717) is 0 Å². The standard InChI is InChI=1S/C6H8N2O2/c1-3-2-4(7)5(8-3)6(9)10/h2,8H,7H2,1H3,(H,9,10). The number of hydrogen-bond donors (Lipinski definition) is 3. The van der Waals surface area contributed by atoms with Crippen LogP contribution in [-0.4, -0.2) is 16.1 Å². The molecule has 1 rings (SSSR count). The quantitative estimate of drug-likeness (QED) is 0.534. The van der Waals surface area contributed by atoms with Gasteiger partial charge in [0, 0.05) is 5.69 Å². The van der Waals surface area contributed by atoms with Crippen molar-refractivity contribution in [2.75, 3.05) is 5.73 Å². The van der Waals surface area contributed by atoms with E-state index < -0.39 is 5.97 Å². The molecule has 0 spiro atoms. The third-order valence-corrected chi connectivity index (χ3v) is 1.20. The van der Waals surface area contributed by atoms with E-state index in [2.05, 4.69) is 4.98 Å². The van der Waals surface area contributed by atoms with Crippen LogP contribution in [-0.2, 0) is 0 Å². The zero-order valence-electron chi connectivity index (χ0n) is 5.51. The van der Waals surface area contributed by atoms with Crippen LogP contribution in [0.25, 0.3) is 0 Å². The van der Waals surface area contributed by atoms with Crippen molar-refractivity contribution in [2.24, 2.45) is 0 Å². The van der Waals surface area contributed by atoms with Gasteiger partial charge in [-0.2, -0.15) is 0 Å². The maximum Gasteiger partial charge on any atom is 0.354 e. The molecule has 0 aromatic carbocycles. The van der Waals surface area contributed by atoms with E-state index in [-0.39, 0.29) is 11.4 Å². The monoisotopic (exact) mass is 140 g/mol. The normalized spacial score (nSPS) is 9.70. The highest BCUT2D eigenvalue weighted by atomic mass is 16.4. The van der Waals surface area contributed by atoms with Crippen molar-refractivity contribution in [3.63, 3.8) is 0 Å². The second-order valence-corrected chi connectivity index (χ2v) is 2.09. The Labute approximate surface area is 57.7 Å². The molecule has 10 heavy (non-hydrogen) atoms. The number of carboxylic acid groups (broad SMARTS) is 1. The minimum Gasteiger partial charge on any atom is -0.477 e. The summed E-state index contributed by atoms with van der Waals surface area (Å²) >= 11 is 0. The van der Waals surface area contributed by atoms with Crippen LogP contribution < -0.4 is 5.73 Å². The van der Waals surface area contributed by atoms with Crippen LogP contribution in [0.2, 0.25) is 0 Å². The van der Waals surface area contributed by atoms with Crippen molar-refractivity contribution in [3.05, 3.63) is 17.5 Å². The number of nitrogen functional groups attached to an aromatic ring is 1. The van der Waals surface area contributed by atoms with Crippen LogP contribution in [0.15, 0.2) is 6.07 Å². The first-order valence-electron chi connectivity index (χ1n) is 2.79. The number of H-pyrrole nitrogens is 1. The van der Waals surface area contributed by atoms with E-state index in [1.54, 1.807) is 13.0 Å². The van der Waals surface area contributed by atoms with Gasteiger partial charge in [0.15, 0.2) is 0 Å². The number of aromatic amines is 1. The van der Waals surface area contributed by atoms with Crippen molar-refractivity contribution in [3.8, 4) is 0 Å². The van der Waals surface area contributed by atoms with E-state index >= 15 is 0 Å². The third kappa shape index (κ3) is 0.953. The molecule has 0 fully saturated rings. The Kier molecular flexibility index (Phi) is 1.37.